The molecule has 0 bridgehead atoms. The number of alkyl halides is 2. The van der Waals surface area contributed by atoms with Crippen molar-refractivity contribution in [2.75, 3.05) is 19.5 Å². The number of carbonyl (C=O) groups is 2. The summed E-state index contributed by atoms with van der Waals surface area (Å²) in [6, 6.07) is 2.91. The van der Waals surface area contributed by atoms with E-state index in [1.165, 1.54) is 26.4 Å². The van der Waals surface area contributed by atoms with E-state index >= 15 is 0 Å². The van der Waals surface area contributed by atoms with Gasteiger partial charge in [0.2, 0.25) is 5.78 Å². The second kappa shape index (κ2) is 4.33. The number of ether oxygens (including phenoxy) is 2. The van der Waals surface area contributed by atoms with Crippen LogP contribution in [0.4, 0.5) is 5.69 Å². The Bertz CT molecular complexity index is 542. The quantitative estimate of drug-likeness (QED) is 0.668. The second-order valence-corrected chi connectivity index (χ2v) is 4.94. The number of methoxy groups -OCH3 is 2. The molecule has 1 aliphatic heterocycles. The minimum atomic E-state index is -2.12. The number of fused-ring (bicyclic) bond motifs is 1. The highest BCUT2D eigenvalue weighted by Crippen LogP contribution is 2.40. The summed E-state index contributed by atoms with van der Waals surface area (Å²) in [5.74, 6) is -0.730. The molecule has 0 radical (unpaired) electrons. The summed E-state index contributed by atoms with van der Waals surface area (Å²) in [6.45, 7) is 0. The topological polar surface area (TPSA) is 64.6 Å². The lowest BCUT2D eigenvalue weighted by atomic mass is 10.00. The number of halogens is 2. The number of ketones is 1. The molecule has 1 aromatic carbocycles. The predicted octanol–water partition coefficient (Wildman–Crippen LogP) is 2.01. The van der Waals surface area contributed by atoms with E-state index in [9.17, 15) is 9.59 Å². The number of carbonyl (C=O) groups excluding carboxylic acids is 2. The van der Waals surface area contributed by atoms with Gasteiger partial charge in [-0.25, -0.2) is 0 Å². The first-order chi connectivity index (χ1) is 8.41. The Hall–Kier alpha value is -1.46. The highest BCUT2D eigenvalue weighted by Gasteiger charge is 2.47. The van der Waals surface area contributed by atoms with Gasteiger partial charge in [-0.05, 0) is 6.07 Å². The third-order valence-corrected chi connectivity index (χ3v) is 3.27. The molecule has 2 rings (SSSR count). The van der Waals surface area contributed by atoms with Crippen molar-refractivity contribution < 1.29 is 19.1 Å². The molecule has 0 spiro atoms. The summed E-state index contributed by atoms with van der Waals surface area (Å²) in [7, 11) is 2.88. The molecule has 1 N–H and O–H groups in total. The lowest BCUT2D eigenvalue weighted by molar-refractivity contribution is -0.116. The standard InChI is InChI=1S/C11H9Cl2NO4/c1-17-7-3-5-6(4-8(7)18-2)14-10(16)11(12,13)9(5)15/h3-4H,1-2H3,(H,14,16). The number of rotatable bonds is 2. The lowest BCUT2D eigenvalue weighted by Gasteiger charge is -2.26. The van der Waals surface area contributed by atoms with Gasteiger partial charge in [-0.15, -0.1) is 0 Å². The van der Waals surface area contributed by atoms with Crippen molar-refractivity contribution in [3.8, 4) is 11.5 Å². The summed E-state index contributed by atoms with van der Waals surface area (Å²) >= 11 is 11.4. The van der Waals surface area contributed by atoms with Crippen molar-refractivity contribution in [3.63, 3.8) is 0 Å². The molecule has 0 saturated heterocycles. The van der Waals surface area contributed by atoms with Gasteiger partial charge in [-0.1, -0.05) is 23.2 Å². The number of Topliss-reactive ketones (excluding diaryl/α,β-unsaturated/α-hetero) is 1. The average Bonchev–Trinajstić information content (AvgIpc) is 2.35. The molecule has 5 nitrogen and oxygen atoms in total. The maximum absolute atomic E-state index is 12.0. The van der Waals surface area contributed by atoms with Gasteiger partial charge in [0.15, 0.2) is 11.5 Å². The molecule has 0 saturated carbocycles. The van der Waals surface area contributed by atoms with E-state index in [4.69, 9.17) is 32.7 Å². The first kappa shape index (κ1) is 13.0. The number of nitrogens with one attached hydrogen (secondary N) is 1. The van der Waals surface area contributed by atoms with Crippen molar-refractivity contribution in [1.29, 1.82) is 0 Å². The van der Waals surface area contributed by atoms with E-state index in [1.807, 2.05) is 0 Å². The van der Waals surface area contributed by atoms with Crippen molar-refractivity contribution in [1.82, 2.24) is 0 Å². The van der Waals surface area contributed by atoms with E-state index in [2.05, 4.69) is 5.32 Å². The fourth-order valence-electron chi connectivity index (χ4n) is 1.64. The lowest BCUT2D eigenvalue weighted by Crippen LogP contribution is -2.44. The third kappa shape index (κ3) is 1.79. The van der Waals surface area contributed by atoms with Gasteiger partial charge in [0.25, 0.3) is 10.2 Å². The molecule has 0 aromatic heterocycles. The smallest absolute Gasteiger partial charge is 0.269 e. The average molecular weight is 290 g/mol. The fourth-order valence-corrected chi connectivity index (χ4v) is 1.94. The summed E-state index contributed by atoms with van der Waals surface area (Å²) in [4.78, 5) is 23.6. The Kier molecular flexibility index (Phi) is 3.12. The largest absolute Gasteiger partial charge is 0.493 e. The van der Waals surface area contributed by atoms with Crippen molar-refractivity contribution in [2.24, 2.45) is 0 Å². The molecule has 1 aromatic rings. The normalized spacial score (nSPS) is 16.9. The first-order valence-electron chi connectivity index (χ1n) is 4.92. The third-order valence-electron chi connectivity index (χ3n) is 2.59. The molecule has 7 heteroatoms. The monoisotopic (exact) mass is 289 g/mol. The fraction of sp³-hybridized carbons (Fsp3) is 0.273. The molecular weight excluding hydrogens is 281 g/mol. The molecule has 1 amide bonds. The Balaban J connectivity index is 2.62. The molecule has 0 unspecified atom stereocenters. The molecular formula is C11H9Cl2NO4. The Morgan fingerprint density at radius 3 is 2.22 bits per heavy atom. The maximum Gasteiger partial charge on any atom is 0.269 e. The van der Waals surface area contributed by atoms with Crippen LogP contribution in [-0.4, -0.2) is 30.2 Å². The second-order valence-electron chi connectivity index (χ2n) is 3.61. The van der Waals surface area contributed by atoms with Gasteiger partial charge in [0.05, 0.1) is 19.9 Å². The predicted molar refractivity (Wildman–Crippen MR) is 66.9 cm³/mol. The SMILES string of the molecule is COc1cc2c(cc1OC)C(=O)C(Cl)(Cl)C(=O)N2. The van der Waals surface area contributed by atoms with E-state index < -0.39 is 16.0 Å². The van der Waals surface area contributed by atoms with Crippen LogP contribution in [0, 0.1) is 0 Å². The molecule has 1 heterocycles. The zero-order chi connectivity index (χ0) is 13.5. The number of anilines is 1. The van der Waals surface area contributed by atoms with Crippen molar-refractivity contribution >= 4 is 40.6 Å². The van der Waals surface area contributed by atoms with Crippen LogP contribution >= 0.6 is 23.2 Å². The van der Waals surface area contributed by atoms with E-state index in [1.54, 1.807) is 0 Å². The minimum Gasteiger partial charge on any atom is -0.493 e. The van der Waals surface area contributed by atoms with E-state index in [-0.39, 0.29) is 5.56 Å². The van der Waals surface area contributed by atoms with E-state index in [0.717, 1.165) is 0 Å². The molecule has 1 aliphatic rings. The number of amides is 1. The van der Waals surface area contributed by atoms with Gasteiger partial charge >= 0.3 is 0 Å². The molecule has 0 fully saturated rings. The van der Waals surface area contributed by atoms with Crippen LogP contribution in [0.3, 0.4) is 0 Å². The highest BCUT2D eigenvalue weighted by molar-refractivity contribution is 6.71. The summed E-state index contributed by atoms with van der Waals surface area (Å²) in [5.41, 5.74) is 0.469. The van der Waals surface area contributed by atoms with Gasteiger partial charge < -0.3 is 14.8 Å². The maximum atomic E-state index is 12.0. The van der Waals surface area contributed by atoms with Crippen LogP contribution in [0.2, 0.25) is 0 Å². The molecule has 0 atom stereocenters. The summed E-state index contributed by atoms with van der Waals surface area (Å²) in [6.07, 6.45) is 0. The number of hydrogen-bond donors (Lipinski definition) is 1. The zero-order valence-corrected chi connectivity index (χ0v) is 11.1. The Morgan fingerprint density at radius 1 is 1.11 bits per heavy atom. The van der Waals surface area contributed by atoms with Crippen LogP contribution in [0.25, 0.3) is 0 Å². The number of benzene rings is 1. The summed E-state index contributed by atoms with van der Waals surface area (Å²) in [5, 5.41) is 2.45. The van der Waals surface area contributed by atoms with Crippen LogP contribution in [0.15, 0.2) is 12.1 Å². The van der Waals surface area contributed by atoms with Crippen LogP contribution in [-0.2, 0) is 4.79 Å². The minimum absolute atomic E-state index is 0.178. The molecule has 18 heavy (non-hydrogen) atoms. The first-order valence-corrected chi connectivity index (χ1v) is 5.67. The molecule has 96 valence electrons. The van der Waals surface area contributed by atoms with Crippen LogP contribution in [0.1, 0.15) is 10.4 Å². The Labute approximate surface area is 113 Å². The van der Waals surface area contributed by atoms with Crippen LogP contribution in [0.5, 0.6) is 11.5 Å². The Morgan fingerprint density at radius 2 is 1.67 bits per heavy atom. The van der Waals surface area contributed by atoms with Crippen LogP contribution < -0.4 is 14.8 Å². The highest BCUT2D eigenvalue weighted by atomic mass is 35.5. The van der Waals surface area contributed by atoms with Crippen molar-refractivity contribution in [2.45, 2.75) is 4.33 Å². The van der Waals surface area contributed by atoms with E-state index in [0.29, 0.717) is 17.2 Å². The number of hydrogen-bond acceptors (Lipinski definition) is 4. The molecule has 0 aliphatic carbocycles. The van der Waals surface area contributed by atoms with Crippen molar-refractivity contribution in [3.05, 3.63) is 17.7 Å². The zero-order valence-electron chi connectivity index (χ0n) is 9.54. The van der Waals surface area contributed by atoms with Gasteiger partial charge in [0, 0.05) is 11.6 Å². The van der Waals surface area contributed by atoms with Gasteiger partial charge in [0.1, 0.15) is 0 Å². The van der Waals surface area contributed by atoms with Gasteiger partial charge in [-0.2, -0.15) is 0 Å². The van der Waals surface area contributed by atoms with Gasteiger partial charge in [-0.3, -0.25) is 9.59 Å². The summed E-state index contributed by atoms with van der Waals surface area (Å²) < 4.78 is 8.02.